The first-order chi connectivity index (χ1) is 6.86. The average Bonchev–Trinajstić information content (AvgIpc) is 2.63. The van der Waals surface area contributed by atoms with E-state index in [1.807, 2.05) is 7.05 Å². The standard InChI is InChI=1S/C10H18N2O2/c1-11-6-3-4-9-8-14-10(12-9)5-7-13-2/h8,11H,3-7H2,1-2H3. The summed E-state index contributed by atoms with van der Waals surface area (Å²) in [7, 11) is 3.63. The first-order valence-electron chi connectivity index (χ1n) is 4.93. The Balaban J connectivity index is 2.27. The fourth-order valence-electron chi connectivity index (χ4n) is 1.21. The molecule has 0 atom stereocenters. The molecule has 0 aromatic carbocycles. The van der Waals surface area contributed by atoms with Crippen LogP contribution in [-0.2, 0) is 17.6 Å². The summed E-state index contributed by atoms with van der Waals surface area (Å²) in [6.07, 6.45) is 4.55. The van der Waals surface area contributed by atoms with Crippen LogP contribution >= 0.6 is 0 Å². The Morgan fingerprint density at radius 2 is 2.36 bits per heavy atom. The van der Waals surface area contributed by atoms with Crippen LogP contribution in [0, 0.1) is 0 Å². The van der Waals surface area contributed by atoms with Gasteiger partial charge in [-0.05, 0) is 26.4 Å². The van der Waals surface area contributed by atoms with Crippen molar-refractivity contribution >= 4 is 0 Å². The van der Waals surface area contributed by atoms with Gasteiger partial charge in [0.2, 0.25) is 0 Å². The normalized spacial score (nSPS) is 10.7. The van der Waals surface area contributed by atoms with E-state index in [2.05, 4.69) is 10.3 Å². The summed E-state index contributed by atoms with van der Waals surface area (Å²) in [5.41, 5.74) is 1.03. The van der Waals surface area contributed by atoms with E-state index in [1.54, 1.807) is 13.4 Å². The number of nitrogens with one attached hydrogen (secondary N) is 1. The van der Waals surface area contributed by atoms with Crippen molar-refractivity contribution in [3.05, 3.63) is 17.8 Å². The average molecular weight is 198 g/mol. The number of ether oxygens (including phenoxy) is 1. The molecule has 1 N–H and O–H groups in total. The number of hydrogen-bond acceptors (Lipinski definition) is 4. The van der Waals surface area contributed by atoms with Gasteiger partial charge in [-0.2, -0.15) is 0 Å². The van der Waals surface area contributed by atoms with Crippen LogP contribution in [0.15, 0.2) is 10.7 Å². The number of nitrogens with zero attached hydrogens (tertiary/aromatic N) is 1. The molecule has 4 heteroatoms. The lowest BCUT2D eigenvalue weighted by Crippen LogP contribution is -2.08. The molecule has 0 spiro atoms. The van der Waals surface area contributed by atoms with E-state index in [0.29, 0.717) is 6.61 Å². The van der Waals surface area contributed by atoms with Crippen molar-refractivity contribution in [2.75, 3.05) is 27.3 Å². The van der Waals surface area contributed by atoms with E-state index in [1.165, 1.54) is 0 Å². The fourth-order valence-corrected chi connectivity index (χ4v) is 1.21. The molecule has 0 saturated carbocycles. The number of rotatable bonds is 7. The third kappa shape index (κ3) is 3.89. The third-order valence-electron chi connectivity index (χ3n) is 1.98. The van der Waals surface area contributed by atoms with Gasteiger partial charge >= 0.3 is 0 Å². The molecule has 14 heavy (non-hydrogen) atoms. The molecule has 0 aliphatic heterocycles. The van der Waals surface area contributed by atoms with Crippen molar-refractivity contribution < 1.29 is 9.15 Å². The van der Waals surface area contributed by atoms with Gasteiger partial charge in [0, 0.05) is 13.5 Å². The molecule has 0 radical (unpaired) electrons. The zero-order valence-corrected chi connectivity index (χ0v) is 8.88. The van der Waals surface area contributed by atoms with Crippen molar-refractivity contribution in [2.24, 2.45) is 0 Å². The second-order valence-corrected chi connectivity index (χ2v) is 3.18. The van der Waals surface area contributed by atoms with Crippen LogP contribution in [0.2, 0.25) is 0 Å². The van der Waals surface area contributed by atoms with Crippen LogP contribution in [0.3, 0.4) is 0 Å². The molecule has 0 bridgehead atoms. The van der Waals surface area contributed by atoms with Gasteiger partial charge < -0.3 is 14.5 Å². The summed E-state index contributed by atoms with van der Waals surface area (Å²) in [6.45, 7) is 1.68. The van der Waals surface area contributed by atoms with E-state index >= 15 is 0 Å². The second-order valence-electron chi connectivity index (χ2n) is 3.18. The molecule has 0 aliphatic rings. The van der Waals surface area contributed by atoms with E-state index in [0.717, 1.165) is 37.4 Å². The maximum atomic E-state index is 5.29. The van der Waals surface area contributed by atoms with Gasteiger partial charge in [-0.3, -0.25) is 0 Å². The summed E-state index contributed by atoms with van der Waals surface area (Å²) in [5.74, 6) is 0.770. The van der Waals surface area contributed by atoms with Crippen molar-refractivity contribution in [1.82, 2.24) is 10.3 Å². The first kappa shape index (κ1) is 11.2. The highest BCUT2D eigenvalue weighted by Gasteiger charge is 2.02. The molecule has 0 amide bonds. The Morgan fingerprint density at radius 1 is 1.50 bits per heavy atom. The predicted octanol–water partition coefficient (Wildman–Crippen LogP) is 1.02. The van der Waals surface area contributed by atoms with Crippen molar-refractivity contribution in [2.45, 2.75) is 19.3 Å². The molecular weight excluding hydrogens is 180 g/mol. The van der Waals surface area contributed by atoms with Gasteiger partial charge in [-0.15, -0.1) is 0 Å². The third-order valence-corrected chi connectivity index (χ3v) is 1.98. The van der Waals surface area contributed by atoms with Gasteiger partial charge in [0.05, 0.1) is 12.3 Å². The van der Waals surface area contributed by atoms with Gasteiger partial charge in [-0.1, -0.05) is 0 Å². The van der Waals surface area contributed by atoms with E-state index in [9.17, 15) is 0 Å². The van der Waals surface area contributed by atoms with E-state index in [4.69, 9.17) is 9.15 Å². The summed E-state index contributed by atoms with van der Waals surface area (Å²) in [4.78, 5) is 4.35. The van der Waals surface area contributed by atoms with Crippen molar-refractivity contribution in [3.63, 3.8) is 0 Å². The molecule has 1 aromatic rings. The molecule has 0 unspecified atom stereocenters. The van der Waals surface area contributed by atoms with Crippen LogP contribution in [0.1, 0.15) is 18.0 Å². The van der Waals surface area contributed by atoms with Crippen LogP contribution < -0.4 is 5.32 Å². The monoisotopic (exact) mass is 198 g/mol. The number of oxazole rings is 1. The highest BCUT2D eigenvalue weighted by atomic mass is 16.5. The van der Waals surface area contributed by atoms with Gasteiger partial charge in [0.1, 0.15) is 6.26 Å². The molecule has 1 heterocycles. The predicted molar refractivity (Wildman–Crippen MR) is 54.3 cm³/mol. The van der Waals surface area contributed by atoms with Crippen molar-refractivity contribution in [3.8, 4) is 0 Å². The molecule has 1 aromatic heterocycles. The highest BCUT2D eigenvalue weighted by Crippen LogP contribution is 2.05. The smallest absolute Gasteiger partial charge is 0.196 e. The Kier molecular flexibility index (Phi) is 5.25. The Hall–Kier alpha value is -0.870. The Labute approximate surface area is 84.7 Å². The summed E-state index contributed by atoms with van der Waals surface area (Å²) < 4.78 is 10.2. The molecule has 0 saturated heterocycles. The lowest BCUT2D eigenvalue weighted by Gasteiger charge is -1.95. The summed E-state index contributed by atoms with van der Waals surface area (Å²) >= 11 is 0. The minimum atomic E-state index is 0.663. The maximum Gasteiger partial charge on any atom is 0.196 e. The van der Waals surface area contributed by atoms with Crippen LogP contribution in [0.5, 0.6) is 0 Å². The van der Waals surface area contributed by atoms with E-state index in [-0.39, 0.29) is 0 Å². The number of aromatic nitrogens is 1. The van der Waals surface area contributed by atoms with Crippen molar-refractivity contribution in [1.29, 1.82) is 0 Å². The summed E-state index contributed by atoms with van der Waals surface area (Å²) in [6, 6.07) is 0. The Morgan fingerprint density at radius 3 is 3.07 bits per heavy atom. The maximum absolute atomic E-state index is 5.29. The SMILES string of the molecule is CNCCCc1coc(CCOC)n1. The topological polar surface area (TPSA) is 47.3 Å². The highest BCUT2D eigenvalue weighted by molar-refractivity contribution is 4.96. The molecule has 4 nitrogen and oxygen atoms in total. The quantitative estimate of drug-likeness (QED) is 0.664. The molecule has 0 aliphatic carbocycles. The minimum absolute atomic E-state index is 0.663. The molecule has 1 rings (SSSR count). The number of methoxy groups -OCH3 is 1. The fraction of sp³-hybridized carbons (Fsp3) is 0.700. The Bertz CT molecular complexity index is 248. The van der Waals surface area contributed by atoms with E-state index < -0.39 is 0 Å². The van der Waals surface area contributed by atoms with Gasteiger partial charge in [-0.25, -0.2) is 4.98 Å². The van der Waals surface area contributed by atoms with Gasteiger partial charge in [0.25, 0.3) is 0 Å². The first-order valence-corrected chi connectivity index (χ1v) is 4.93. The molecular formula is C10H18N2O2. The summed E-state index contributed by atoms with van der Waals surface area (Å²) in [5, 5.41) is 3.10. The minimum Gasteiger partial charge on any atom is -0.449 e. The largest absolute Gasteiger partial charge is 0.449 e. The lowest BCUT2D eigenvalue weighted by atomic mass is 10.2. The van der Waals surface area contributed by atoms with Crippen LogP contribution in [0.4, 0.5) is 0 Å². The molecule has 80 valence electrons. The molecule has 0 fully saturated rings. The second kappa shape index (κ2) is 6.56. The van der Waals surface area contributed by atoms with Gasteiger partial charge in [0.15, 0.2) is 5.89 Å². The number of aryl methyl sites for hydroxylation is 1. The van der Waals surface area contributed by atoms with Crippen LogP contribution in [0.25, 0.3) is 0 Å². The number of hydrogen-bond donors (Lipinski definition) is 1. The zero-order chi connectivity index (χ0) is 10.2. The van der Waals surface area contributed by atoms with Crippen LogP contribution in [-0.4, -0.2) is 32.3 Å². The zero-order valence-electron chi connectivity index (χ0n) is 8.88. The lowest BCUT2D eigenvalue weighted by molar-refractivity contribution is 0.195.